The van der Waals surface area contributed by atoms with Crippen LogP contribution in [0.1, 0.15) is 18.1 Å². The van der Waals surface area contributed by atoms with Gasteiger partial charge in [-0.2, -0.15) is 0 Å². The molecular formula is C19H21N3O6S. The van der Waals surface area contributed by atoms with Crippen molar-refractivity contribution in [3.63, 3.8) is 0 Å². The number of nitrogens with zero attached hydrogens (tertiary/aromatic N) is 1. The normalized spacial score (nSPS) is 20.6. The van der Waals surface area contributed by atoms with Gasteiger partial charge >= 0.3 is 11.9 Å². The van der Waals surface area contributed by atoms with Gasteiger partial charge in [-0.1, -0.05) is 24.3 Å². The Labute approximate surface area is 171 Å². The average Bonchev–Trinajstić information content (AvgIpc) is 2.70. The van der Waals surface area contributed by atoms with Crippen molar-refractivity contribution in [3.05, 3.63) is 46.7 Å². The van der Waals surface area contributed by atoms with Crippen molar-refractivity contribution >= 4 is 35.5 Å². The van der Waals surface area contributed by atoms with Crippen LogP contribution >= 0.6 is 11.8 Å². The van der Waals surface area contributed by atoms with Gasteiger partial charge in [0.2, 0.25) is 5.91 Å². The third-order valence-corrected chi connectivity index (χ3v) is 5.98. The molecule has 2 heterocycles. The van der Waals surface area contributed by atoms with E-state index in [1.54, 1.807) is 12.1 Å². The van der Waals surface area contributed by atoms with E-state index in [1.165, 1.54) is 18.7 Å². The smallest absolute Gasteiger partial charge is 0.352 e. The highest BCUT2D eigenvalue weighted by Crippen LogP contribution is 2.40. The van der Waals surface area contributed by atoms with Gasteiger partial charge in [0.15, 0.2) is 0 Å². The highest BCUT2D eigenvalue weighted by atomic mass is 32.2. The zero-order valence-electron chi connectivity index (χ0n) is 15.7. The summed E-state index contributed by atoms with van der Waals surface area (Å²) < 4.78 is 4.89. The van der Waals surface area contributed by atoms with Gasteiger partial charge < -0.3 is 20.9 Å². The zero-order valence-corrected chi connectivity index (χ0v) is 16.5. The maximum absolute atomic E-state index is 12.5. The molecule has 0 aromatic heterocycles. The lowest BCUT2D eigenvalue weighted by molar-refractivity contribution is -0.151. The number of amides is 2. The Morgan fingerprint density at radius 2 is 1.93 bits per heavy atom. The second kappa shape index (κ2) is 8.66. The summed E-state index contributed by atoms with van der Waals surface area (Å²) in [5, 5.41) is 11.7. The van der Waals surface area contributed by atoms with E-state index in [0.717, 1.165) is 16.0 Å². The van der Waals surface area contributed by atoms with Crippen LogP contribution in [0.4, 0.5) is 0 Å². The van der Waals surface area contributed by atoms with Gasteiger partial charge in [-0.15, -0.1) is 11.8 Å². The SMILES string of the molecule is CC(=O)OCC1=C(C(=O)O)N2C(=O)C(NC(=O)Cc3ccc(CN)cc3)[C@@H]2SC1. The maximum atomic E-state index is 12.5. The number of fused-ring (bicyclic) bond motifs is 1. The van der Waals surface area contributed by atoms with E-state index in [1.807, 2.05) is 12.1 Å². The van der Waals surface area contributed by atoms with Crippen LogP contribution in [0.3, 0.4) is 0 Å². The molecule has 29 heavy (non-hydrogen) atoms. The fourth-order valence-corrected chi connectivity index (χ4v) is 4.51. The number of β-lactam (4-membered cyclic amide) rings is 1. The predicted molar refractivity (Wildman–Crippen MR) is 104 cm³/mol. The van der Waals surface area contributed by atoms with Crippen LogP contribution in [-0.4, -0.2) is 57.5 Å². The van der Waals surface area contributed by atoms with Crippen LogP contribution in [0.5, 0.6) is 0 Å². The van der Waals surface area contributed by atoms with Gasteiger partial charge in [-0.3, -0.25) is 19.3 Å². The van der Waals surface area contributed by atoms with Gasteiger partial charge in [0.1, 0.15) is 23.7 Å². The highest BCUT2D eigenvalue weighted by Gasteiger charge is 2.54. The molecule has 2 atom stereocenters. The Morgan fingerprint density at radius 1 is 1.28 bits per heavy atom. The minimum absolute atomic E-state index is 0.103. The molecular weight excluding hydrogens is 398 g/mol. The summed E-state index contributed by atoms with van der Waals surface area (Å²) in [6.07, 6.45) is 0.103. The summed E-state index contributed by atoms with van der Waals surface area (Å²) in [5.74, 6) is -2.33. The van der Waals surface area contributed by atoms with Crippen molar-refractivity contribution in [3.8, 4) is 0 Å². The van der Waals surface area contributed by atoms with Gasteiger partial charge in [0.25, 0.3) is 5.91 Å². The van der Waals surface area contributed by atoms with Crippen molar-refractivity contribution < 1.29 is 29.0 Å². The molecule has 1 unspecified atom stereocenters. The maximum Gasteiger partial charge on any atom is 0.352 e. The molecule has 9 nitrogen and oxygen atoms in total. The number of ether oxygens (including phenoxy) is 1. The van der Waals surface area contributed by atoms with Crippen LogP contribution in [0.15, 0.2) is 35.5 Å². The number of nitrogens with one attached hydrogen (secondary N) is 1. The molecule has 1 fully saturated rings. The first-order valence-corrected chi connectivity index (χ1v) is 9.97. The average molecular weight is 419 g/mol. The van der Waals surface area contributed by atoms with Gasteiger partial charge in [-0.05, 0) is 11.1 Å². The third kappa shape index (κ3) is 4.43. The molecule has 1 aromatic carbocycles. The molecule has 0 bridgehead atoms. The number of hydrogen-bond donors (Lipinski definition) is 3. The predicted octanol–water partition coefficient (Wildman–Crippen LogP) is -0.0105. The highest BCUT2D eigenvalue weighted by molar-refractivity contribution is 8.00. The van der Waals surface area contributed by atoms with Crippen molar-refractivity contribution in [2.24, 2.45) is 5.73 Å². The van der Waals surface area contributed by atoms with Crippen molar-refractivity contribution in [2.75, 3.05) is 12.4 Å². The largest absolute Gasteiger partial charge is 0.477 e. The quantitative estimate of drug-likeness (QED) is 0.414. The molecule has 2 aliphatic rings. The van der Waals surface area contributed by atoms with E-state index in [4.69, 9.17) is 10.5 Å². The Morgan fingerprint density at radius 3 is 2.52 bits per heavy atom. The molecule has 1 saturated heterocycles. The lowest BCUT2D eigenvalue weighted by atomic mass is 10.0. The molecule has 0 saturated carbocycles. The van der Waals surface area contributed by atoms with Crippen molar-refractivity contribution in [1.82, 2.24) is 10.2 Å². The number of hydrogen-bond acceptors (Lipinski definition) is 7. The first-order valence-electron chi connectivity index (χ1n) is 8.92. The number of carbonyl (C=O) groups excluding carboxylic acids is 3. The third-order valence-electron chi connectivity index (χ3n) is 4.64. The number of thioether (sulfide) groups is 1. The van der Waals surface area contributed by atoms with Crippen LogP contribution < -0.4 is 11.1 Å². The van der Waals surface area contributed by atoms with E-state index in [9.17, 15) is 24.3 Å². The number of carbonyl (C=O) groups is 4. The topological polar surface area (TPSA) is 139 Å². The Hall–Kier alpha value is -2.85. The minimum Gasteiger partial charge on any atom is -0.477 e. The van der Waals surface area contributed by atoms with E-state index < -0.39 is 29.3 Å². The van der Waals surface area contributed by atoms with Crippen molar-refractivity contribution in [1.29, 1.82) is 0 Å². The summed E-state index contributed by atoms with van der Waals surface area (Å²) in [5.41, 5.74) is 7.47. The number of nitrogens with two attached hydrogens (primary N) is 1. The lowest BCUT2D eigenvalue weighted by Gasteiger charge is -2.49. The first-order chi connectivity index (χ1) is 13.8. The molecule has 154 valence electrons. The minimum atomic E-state index is -1.27. The van der Waals surface area contributed by atoms with Crippen LogP contribution in [-0.2, 0) is 36.9 Å². The zero-order chi connectivity index (χ0) is 21.1. The summed E-state index contributed by atoms with van der Waals surface area (Å²) >= 11 is 1.32. The van der Waals surface area contributed by atoms with Gasteiger partial charge in [0.05, 0.1) is 6.42 Å². The Bertz CT molecular complexity index is 882. The number of aliphatic carboxylic acids is 1. The molecule has 2 aliphatic heterocycles. The Kier molecular flexibility index (Phi) is 6.23. The number of carboxylic acid groups (broad SMARTS) is 1. The Balaban J connectivity index is 1.66. The molecule has 0 spiro atoms. The first kappa shape index (κ1) is 20.9. The van der Waals surface area contributed by atoms with E-state index in [2.05, 4.69) is 5.32 Å². The van der Waals surface area contributed by atoms with E-state index in [-0.39, 0.29) is 30.4 Å². The molecule has 4 N–H and O–H groups in total. The number of benzene rings is 1. The lowest BCUT2D eigenvalue weighted by Crippen LogP contribution is -2.70. The van der Waals surface area contributed by atoms with E-state index in [0.29, 0.717) is 12.1 Å². The number of esters is 1. The van der Waals surface area contributed by atoms with Gasteiger partial charge in [0, 0.05) is 24.8 Å². The fraction of sp³-hybridized carbons (Fsp3) is 0.368. The second-order valence-electron chi connectivity index (χ2n) is 6.69. The molecule has 0 radical (unpaired) electrons. The van der Waals surface area contributed by atoms with Crippen LogP contribution in [0.2, 0.25) is 0 Å². The standard InChI is InChI=1S/C19H21N3O6S/c1-10(23)28-8-13-9-29-18-15(17(25)22(18)16(13)19(26)27)21-14(24)6-11-2-4-12(7-20)5-3-11/h2-5,15,18H,6-9,20H2,1H3,(H,21,24)(H,26,27)/t15?,18-/m0/s1. The number of rotatable bonds is 7. The van der Waals surface area contributed by atoms with E-state index >= 15 is 0 Å². The van der Waals surface area contributed by atoms with Gasteiger partial charge in [-0.25, -0.2) is 4.79 Å². The summed E-state index contributed by atoms with van der Waals surface area (Å²) in [7, 11) is 0. The molecule has 0 aliphatic carbocycles. The van der Waals surface area contributed by atoms with Crippen LogP contribution in [0.25, 0.3) is 0 Å². The molecule has 3 rings (SSSR count). The van der Waals surface area contributed by atoms with Crippen molar-refractivity contribution in [2.45, 2.75) is 31.3 Å². The summed E-state index contributed by atoms with van der Waals surface area (Å²) in [4.78, 5) is 48.7. The monoisotopic (exact) mass is 419 g/mol. The molecule has 1 aromatic rings. The summed E-state index contributed by atoms with van der Waals surface area (Å²) in [6, 6.07) is 6.49. The number of carboxylic acids is 1. The molecule has 10 heteroatoms. The summed E-state index contributed by atoms with van der Waals surface area (Å²) in [6.45, 7) is 1.46. The fourth-order valence-electron chi connectivity index (χ4n) is 3.19. The van der Waals surface area contributed by atoms with Crippen LogP contribution in [0, 0.1) is 0 Å². The molecule has 2 amide bonds. The second-order valence-corrected chi connectivity index (χ2v) is 7.79.